The number of nitrogens with zero attached hydrogens (tertiary/aromatic N) is 4. The van der Waals surface area contributed by atoms with Crippen LogP contribution in [0, 0.1) is 20.2 Å². The molecule has 1 aromatic carbocycles. The van der Waals surface area contributed by atoms with Gasteiger partial charge in [-0.05, 0) is 13.0 Å². The number of carbonyl (C=O) groups is 1. The van der Waals surface area contributed by atoms with Gasteiger partial charge in [-0.1, -0.05) is 0 Å². The first-order valence-corrected chi connectivity index (χ1v) is 4.89. The number of hydrogen-bond acceptors (Lipinski definition) is 7. The molecule has 0 fully saturated rings. The van der Waals surface area contributed by atoms with Gasteiger partial charge in [-0.2, -0.15) is 5.11 Å². The van der Waals surface area contributed by atoms with E-state index in [9.17, 15) is 25.0 Å². The number of benzene rings is 1. The third-order valence-corrected chi connectivity index (χ3v) is 2.06. The van der Waals surface area contributed by atoms with E-state index >= 15 is 0 Å². The van der Waals surface area contributed by atoms with Crippen molar-refractivity contribution in [3.63, 3.8) is 0 Å². The molecule has 0 heterocycles. The second-order valence-corrected chi connectivity index (χ2v) is 3.42. The maximum Gasteiger partial charge on any atom is 0.330 e. The Morgan fingerprint density at radius 2 is 1.95 bits per heavy atom. The van der Waals surface area contributed by atoms with E-state index in [2.05, 4.69) is 10.2 Å². The molecule has 1 rings (SSSR count). The molecule has 1 atom stereocenters. The standard InChI is InChI=1S/C9H8N4O6/c1-5(9(14)15)10-11-7-3-2-6(12(16)17)4-8(7)13(18)19/h2-5H,1H3,(H,14,15). The Balaban J connectivity index is 3.17. The van der Waals surface area contributed by atoms with E-state index in [0.717, 1.165) is 18.2 Å². The molecule has 0 aromatic heterocycles. The number of hydrogen-bond donors (Lipinski definition) is 1. The summed E-state index contributed by atoms with van der Waals surface area (Å²) < 4.78 is 0. The summed E-state index contributed by atoms with van der Waals surface area (Å²) in [6.45, 7) is 1.24. The maximum absolute atomic E-state index is 10.7. The van der Waals surface area contributed by atoms with Crippen LogP contribution in [0.1, 0.15) is 6.92 Å². The minimum absolute atomic E-state index is 0.247. The molecule has 1 aromatic rings. The Bertz CT molecular complexity index is 570. The summed E-state index contributed by atoms with van der Waals surface area (Å²) >= 11 is 0. The average Bonchev–Trinajstić information content (AvgIpc) is 2.35. The number of non-ortho nitro benzene ring substituents is 1. The van der Waals surface area contributed by atoms with E-state index in [-0.39, 0.29) is 5.69 Å². The van der Waals surface area contributed by atoms with Crippen LogP contribution in [0.5, 0.6) is 0 Å². The average molecular weight is 268 g/mol. The van der Waals surface area contributed by atoms with Crippen molar-refractivity contribution < 1.29 is 19.7 Å². The first-order chi connectivity index (χ1) is 8.82. The molecule has 10 nitrogen and oxygen atoms in total. The molecular formula is C9H8N4O6. The van der Waals surface area contributed by atoms with Gasteiger partial charge in [-0.15, -0.1) is 5.11 Å². The SMILES string of the molecule is CC(N=Nc1ccc([N+](=O)[O-])cc1[N+](=O)[O-])C(=O)O. The lowest BCUT2D eigenvalue weighted by Gasteiger charge is -1.98. The Morgan fingerprint density at radius 1 is 1.32 bits per heavy atom. The van der Waals surface area contributed by atoms with E-state index in [0.29, 0.717) is 0 Å². The highest BCUT2D eigenvalue weighted by Crippen LogP contribution is 2.31. The molecule has 0 aliphatic carbocycles. The van der Waals surface area contributed by atoms with Crippen molar-refractivity contribution >= 4 is 23.0 Å². The number of azo groups is 1. The van der Waals surface area contributed by atoms with Crippen molar-refractivity contribution in [2.75, 3.05) is 0 Å². The lowest BCUT2D eigenvalue weighted by molar-refractivity contribution is -0.393. The largest absolute Gasteiger partial charge is 0.480 e. The Hall–Kier alpha value is -2.91. The van der Waals surface area contributed by atoms with E-state index in [1.165, 1.54) is 6.92 Å². The van der Waals surface area contributed by atoms with E-state index in [1.807, 2.05) is 0 Å². The number of nitro groups is 2. The van der Waals surface area contributed by atoms with E-state index in [4.69, 9.17) is 5.11 Å². The summed E-state index contributed by atoms with van der Waals surface area (Å²) in [5, 5.41) is 36.6. The topological polar surface area (TPSA) is 148 Å². The fraction of sp³-hybridized carbons (Fsp3) is 0.222. The number of carboxylic acids is 1. The Kier molecular flexibility index (Phi) is 4.19. The molecule has 0 radical (unpaired) electrons. The van der Waals surface area contributed by atoms with E-state index < -0.39 is 33.2 Å². The van der Waals surface area contributed by atoms with Crippen molar-refractivity contribution in [2.45, 2.75) is 13.0 Å². The van der Waals surface area contributed by atoms with Crippen LogP contribution in [-0.4, -0.2) is 27.0 Å². The minimum atomic E-state index is -1.24. The third kappa shape index (κ3) is 3.52. The van der Waals surface area contributed by atoms with Gasteiger partial charge in [-0.3, -0.25) is 20.2 Å². The van der Waals surface area contributed by atoms with Crippen molar-refractivity contribution in [1.29, 1.82) is 0 Å². The van der Waals surface area contributed by atoms with Crippen molar-refractivity contribution in [2.24, 2.45) is 10.2 Å². The van der Waals surface area contributed by atoms with Gasteiger partial charge >= 0.3 is 11.7 Å². The van der Waals surface area contributed by atoms with Crippen molar-refractivity contribution in [1.82, 2.24) is 0 Å². The maximum atomic E-state index is 10.7. The normalized spacial score (nSPS) is 12.3. The van der Waals surface area contributed by atoms with Gasteiger partial charge in [-0.25, -0.2) is 4.79 Å². The molecule has 0 aliphatic heterocycles. The quantitative estimate of drug-likeness (QED) is 0.490. The number of rotatable bonds is 5. The zero-order valence-electron chi connectivity index (χ0n) is 9.59. The highest BCUT2D eigenvalue weighted by Gasteiger charge is 2.20. The summed E-state index contributed by atoms with van der Waals surface area (Å²) in [5.41, 5.74) is -1.32. The predicted molar refractivity (Wildman–Crippen MR) is 61.4 cm³/mol. The lowest BCUT2D eigenvalue weighted by Crippen LogP contribution is -2.11. The number of carboxylic acid groups (broad SMARTS) is 1. The molecule has 1 N–H and O–H groups in total. The summed E-state index contributed by atoms with van der Waals surface area (Å²) in [5.74, 6) is -1.24. The third-order valence-electron chi connectivity index (χ3n) is 2.06. The molecule has 0 bridgehead atoms. The minimum Gasteiger partial charge on any atom is -0.480 e. The molecule has 0 aliphatic rings. The first kappa shape index (κ1) is 14.2. The summed E-state index contributed by atoms with van der Waals surface area (Å²) in [6, 6.07) is 1.62. The van der Waals surface area contributed by atoms with Crippen LogP contribution in [0.4, 0.5) is 17.1 Å². The molecule has 0 spiro atoms. The first-order valence-electron chi connectivity index (χ1n) is 4.89. The fourth-order valence-electron chi connectivity index (χ4n) is 1.05. The molecule has 0 saturated carbocycles. The highest BCUT2D eigenvalue weighted by molar-refractivity contribution is 5.73. The van der Waals surface area contributed by atoms with Crippen LogP contribution < -0.4 is 0 Å². The van der Waals surface area contributed by atoms with Gasteiger partial charge in [0.25, 0.3) is 5.69 Å². The zero-order chi connectivity index (χ0) is 14.6. The van der Waals surface area contributed by atoms with Gasteiger partial charge < -0.3 is 5.11 Å². The molecule has 19 heavy (non-hydrogen) atoms. The Labute approximate surface area is 105 Å². The fourth-order valence-corrected chi connectivity index (χ4v) is 1.05. The van der Waals surface area contributed by atoms with Gasteiger partial charge in [0.05, 0.1) is 15.9 Å². The van der Waals surface area contributed by atoms with Gasteiger partial charge in [0, 0.05) is 6.07 Å². The molecule has 10 heteroatoms. The predicted octanol–water partition coefficient (Wildman–Crippen LogP) is 2.06. The monoisotopic (exact) mass is 268 g/mol. The molecular weight excluding hydrogens is 260 g/mol. The molecule has 100 valence electrons. The van der Waals surface area contributed by atoms with Crippen LogP contribution in [0.15, 0.2) is 28.4 Å². The molecule has 1 unspecified atom stereocenters. The summed E-state index contributed by atoms with van der Waals surface area (Å²) in [4.78, 5) is 30.1. The second kappa shape index (κ2) is 5.62. The molecule has 0 amide bonds. The zero-order valence-corrected chi connectivity index (χ0v) is 9.59. The summed E-state index contributed by atoms with van der Waals surface area (Å²) in [6.07, 6.45) is 0. The van der Waals surface area contributed by atoms with Crippen LogP contribution >= 0.6 is 0 Å². The van der Waals surface area contributed by atoms with Crippen LogP contribution in [0.3, 0.4) is 0 Å². The van der Waals surface area contributed by atoms with Crippen LogP contribution in [0.2, 0.25) is 0 Å². The van der Waals surface area contributed by atoms with Gasteiger partial charge in [0.1, 0.15) is 0 Å². The summed E-state index contributed by atoms with van der Waals surface area (Å²) in [7, 11) is 0. The Morgan fingerprint density at radius 3 is 2.42 bits per heavy atom. The number of aliphatic carboxylic acids is 1. The van der Waals surface area contributed by atoms with Crippen LogP contribution in [0.25, 0.3) is 0 Å². The lowest BCUT2D eigenvalue weighted by atomic mass is 10.2. The van der Waals surface area contributed by atoms with Crippen LogP contribution in [-0.2, 0) is 4.79 Å². The number of nitro benzene ring substituents is 2. The van der Waals surface area contributed by atoms with Gasteiger partial charge in [0.15, 0.2) is 11.7 Å². The van der Waals surface area contributed by atoms with Gasteiger partial charge in [0.2, 0.25) is 0 Å². The second-order valence-electron chi connectivity index (χ2n) is 3.42. The highest BCUT2D eigenvalue weighted by atomic mass is 16.6. The molecule has 0 saturated heterocycles. The van der Waals surface area contributed by atoms with E-state index in [1.54, 1.807) is 0 Å². The van der Waals surface area contributed by atoms with Crippen molar-refractivity contribution in [3.05, 3.63) is 38.4 Å². The van der Waals surface area contributed by atoms with Crippen molar-refractivity contribution in [3.8, 4) is 0 Å². The smallest absolute Gasteiger partial charge is 0.330 e.